The summed E-state index contributed by atoms with van der Waals surface area (Å²) in [5, 5.41) is 0.635. The topological polar surface area (TPSA) is 37.4 Å². The summed E-state index contributed by atoms with van der Waals surface area (Å²) in [6.45, 7) is 1.33. The zero-order valence-electron chi connectivity index (χ0n) is 14.2. The van der Waals surface area contributed by atoms with E-state index in [2.05, 4.69) is 0 Å². The van der Waals surface area contributed by atoms with Gasteiger partial charge < -0.3 is 4.90 Å². The van der Waals surface area contributed by atoms with Crippen LogP contribution >= 0.6 is 11.6 Å². The van der Waals surface area contributed by atoms with Crippen molar-refractivity contribution in [2.24, 2.45) is 5.92 Å². The van der Waals surface area contributed by atoms with Crippen molar-refractivity contribution in [3.8, 4) is 0 Å². The minimum absolute atomic E-state index is 0.000603. The Morgan fingerprint density at radius 3 is 2.24 bits per heavy atom. The number of ketones is 1. The first-order valence-corrected chi connectivity index (χ1v) is 9.13. The number of piperidine rings is 1. The third-order valence-electron chi connectivity index (χ3n) is 4.82. The van der Waals surface area contributed by atoms with Crippen LogP contribution in [0.25, 0.3) is 0 Å². The van der Waals surface area contributed by atoms with E-state index in [-0.39, 0.29) is 17.6 Å². The number of Topliss-reactive ketones (excluding diaryl/α,β-unsaturated/α-hetero) is 1. The SMILES string of the molecule is O=C(c1ccc(Cl)cc1)C1CCN(C(=O)CCc2ccccc2)CC1. The first-order valence-electron chi connectivity index (χ1n) is 8.75. The lowest BCUT2D eigenvalue weighted by Crippen LogP contribution is -2.40. The Morgan fingerprint density at radius 1 is 0.960 bits per heavy atom. The normalized spacial score (nSPS) is 15.2. The van der Waals surface area contributed by atoms with Gasteiger partial charge in [0, 0.05) is 36.0 Å². The Hall–Kier alpha value is -2.13. The molecule has 0 aliphatic carbocycles. The highest BCUT2D eigenvalue weighted by Crippen LogP contribution is 2.23. The van der Waals surface area contributed by atoms with Crippen molar-refractivity contribution in [1.82, 2.24) is 4.90 Å². The highest BCUT2D eigenvalue weighted by Gasteiger charge is 2.27. The van der Waals surface area contributed by atoms with Crippen molar-refractivity contribution in [1.29, 1.82) is 0 Å². The maximum absolute atomic E-state index is 12.6. The Kier molecular flexibility index (Phi) is 5.87. The van der Waals surface area contributed by atoms with Crippen molar-refractivity contribution < 1.29 is 9.59 Å². The lowest BCUT2D eigenvalue weighted by atomic mass is 9.88. The van der Waals surface area contributed by atoms with E-state index < -0.39 is 0 Å². The van der Waals surface area contributed by atoms with Crippen LogP contribution in [0.2, 0.25) is 5.02 Å². The van der Waals surface area contributed by atoms with Gasteiger partial charge in [0.15, 0.2) is 5.78 Å². The zero-order chi connectivity index (χ0) is 17.6. The van der Waals surface area contributed by atoms with Gasteiger partial charge in [0.1, 0.15) is 0 Å². The standard InChI is InChI=1S/C21H22ClNO2/c22-19-9-7-17(8-10-19)21(25)18-12-14-23(15-13-18)20(24)11-6-16-4-2-1-3-5-16/h1-5,7-10,18H,6,11-15H2. The van der Waals surface area contributed by atoms with Crippen LogP contribution in [0.1, 0.15) is 35.2 Å². The molecule has 3 rings (SSSR count). The lowest BCUT2D eigenvalue weighted by Gasteiger charge is -2.31. The van der Waals surface area contributed by atoms with Gasteiger partial charge in [-0.05, 0) is 49.1 Å². The molecular formula is C21H22ClNO2. The van der Waals surface area contributed by atoms with Crippen LogP contribution in [-0.4, -0.2) is 29.7 Å². The third kappa shape index (κ3) is 4.70. The summed E-state index contributed by atoms with van der Waals surface area (Å²) in [5.74, 6) is 0.341. The first kappa shape index (κ1) is 17.7. The van der Waals surface area contributed by atoms with E-state index >= 15 is 0 Å². The number of hydrogen-bond donors (Lipinski definition) is 0. The van der Waals surface area contributed by atoms with Gasteiger partial charge in [-0.25, -0.2) is 0 Å². The van der Waals surface area contributed by atoms with E-state index in [1.54, 1.807) is 24.3 Å². The average Bonchev–Trinajstić information content (AvgIpc) is 2.67. The molecule has 0 saturated carbocycles. The molecule has 0 N–H and O–H groups in total. The van der Waals surface area contributed by atoms with Crippen molar-refractivity contribution in [2.75, 3.05) is 13.1 Å². The second-order valence-electron chi connectivity index (χ2n) is 6.51. The van der Waals surface area contributed by atoms with E-state index in [1.165, 1.54) is 5.56 Å². The molecular weight excluding hydrogens is 334 g/mol. The van der Waals surface area contributed by atoms with E-state index in [1.807, 2.05) is 35.2 Å². The summed E-state index contributed by atoms with van der Waals surface area (Å²) in [4.78, 5) is 26.8. The molecule has 0 radical (unpaired) electrons. The van der Waals surface area contributed by atoms with Crippen LogP contribution < -0.4 is 0 Å². The summed E-state index contributed by atoms with van der Waals surface area (Å²) < 4.78 is 0. The van der Waals surface area contributed by atoms with Gasteiger partial charge in [0.25, 0.3) is 0 Å². The van der Waals surface area contributed by atoms with Crippen LogP contribution in [0.5, 0.6) is 0 Å². The molecule has 2 aromatic rings. The van der Waals surface area contributed by atoms with Crippen molar-refractivity contribution >= 4 is 23.3 Å². The third-order valence-corrected chi connectivity index (χ3v) is 5.07. The van der Waals surface area contributed by atoms with Gasteiger partial charge in [-0.2, -0.15) is 0 Å². The smallest absolute Gasteiger partial charge is 0.222 e. The molecule has 1 aliphatic heterocycles. The largest absolute Gasteiger partial charge is 0.343 e. The van der Waals surface area contributed by atoms with Gasteiger partial charge >= 0.3 is 0 Å². The molecule has 0 spiro atoms. The molecule has 25 heavy (non-hydrogen) atoms. The van der Waals surface area contributed by atoms with Crippen LogP contribution in [0.3, 0.4) is 0 Å². The molecule has 130 valence electrons. The van der Waals surface area contributed by atoms with E-state index in [0.29, 0.717) is 30.1 Å². The Morgan fingerprint density at radius 2 is 1.60 bits per heavy atom. The quantitative estimate of drug-likeness (QED) is 0.746. The molecule has 1 saturated heterocycles. The Balaban J connectivity index is 1.48. The van der Waals surface area contributed by atoms with Gasteiger partial charge in [0.2, 0.25) is 5.91 Å². The maximum atomic E-state index is 12.6. The first-order chi connectivity index (χ1) is 12.1. The van der Waals surface area contributed by atoms with Crippen LogP contribution in [0, 0.1) is 5.92 Å². The number of benzene rings is 2. The molecule has 3 nitrogen and oxygen atoms in total. The fraction of sp³-hybridized carbons (Fsp3) is 0.333. The van der Waals surface area contributed by atoms with Crippen molar-refractivity contribution in [2.45, 2.75) is 25.7 Å². The molecule has 0 atom stereocenters. The van der Waals surface area contributed by atoms with E-state index in [0.717, 1.165) is 19.3 Å². The predicted molar refractivity (Wildman–Crippen MR) is 99.8 cm³/mol. The molecule has 0 aromatic heterocycles. The predicted octanol–water partition coefficient (Wildman–Crippen LogP) is 4.39. The molecule has 1 amide bonds. The van der Waals surface area contributed by atoms with Gasteiger partial charge in [0.05, 0.1) is 0 Å². The number of nitrogens with zero attached hydrogens (tertiary/aromatic N) is 1. The minimum Gasteiger partial charge on any atom is -0.343 e. The summed E-state index contributed by atoms with van der Waals surface area (Å²) >= 11 is 5.87. The molecule has 1 aliphatic rings. The summed E-state index contributed by atoms with van der Waals surface area (Å²) in [5.41, 5.74) is 1.89. The van der Waals surface area contributed by atoms with Crippen molar-refractivity contribution in [3.63, 3.8) is 0 Å². The Labute approximate surface area is 153 Å². The van der Waals surface area contributed by atoms with Gasteiger partial charge in [-0.1, -0.05) is 41.9 Å². The second-order valence-corrected chi connectivity index (χ2v) is 6.95. The van der Waals surface area contributed by atoms with E-state index in [9.17, 15) is 9.59 Å². The van der Waals surface area contributed by atoms with Gasteiger partial charge in [-0.15, -0.1) is 0 Å². The second kappa shape index (κ2) is 8.30. The number of aryl methyl sites for hydroxylation is 1. The molecule has 0 unspecified atom stereocenters. The summed E-state index contributed by atoms with van der Waals surface area (Å²) in [7, 11) is 0. The number of carbonyl (C=O) groups excluding carboxylic acids is 2. The number of carbonyl (C=O) groups is 2. The average molecular weight is 356 g/mol. The maximum Gasteiger partial charge on any atom is 0.222 e. The number of amides is 1. The molecule has 0 bridgehead atoms. The molecule has 1 fully saturated rings. The number of hydrogen-bond acceptors (Lipinski definition) is 2. The highest BCUT2D eigenvalue weighted by molar-refractivity contribution is 6.30. The van der Waals surface area contributed by atoms with E-state index in [4.69, 9.17) is 11.6 Å². The minimum atomic E-state index is -0.000603. The zero-order valence-corrected chi connectivity index (χ0v) is 14.9. The van der Waals surface area contributed by atoms with Gasteiger partial charge in [-0.3, -0.25) is 9.59 Å². The molecule has 1 heterocycles. The summed E-state index contributed by atoms with van der Waals surface area (Å²) in [6, 6.07) is 17.1. The highest BCUT2D eigenvalue weighted by atomic mass is 35.5. The number of rotatable bonds is 5. The lowest BCUT2D eigenvalue weighted by molar-refractivity contribution is -0.132. The Bertz CT molecular complexity index is 719. The molecule has 4 heteroatoms. The monoisotopic (exact) mass is 355 g/mol. The number of halogens is 1. The number of likely N-dealkylation sites (tertiary alicyclic amines) is 1. The fourth-order valence-corrected chi connectivity index (χ4v) is 3.42. The molecule has 2 aromatic carbocycles. The van der Waals surface area contributed by atoms with Crippen LogP contribution in [-0.2, 0) is 11.2 Å². The van der Waals surface area contributed by atoms with Crippen molar-refractivity contribution in [3.05, 3.63) is 70.7 Å². The fourth-order valence-electron chi connectivity index (χ4n) is 3.29. The van der Waals surface area contributed by atoms with Crippen LogP contribution in [0.15, 0.2) is 54.6 Å². The van der Waals surface area contributed by atoms with Crippen LogP contribution in [0.4, 0.5) is 0 Å². The summed E-state index contributed by atoms with van der Waals surface area (Å²) in [6.07, 6.45) is 2.76.